The second-order valence-corrected chi connectivity index (χ2v) is 7.43. The third kappa shape index (κ3) is 7.53. The molecule has 0 N–H and O–H groups in total. The van der Waals surface area contributed by atoms with Gasteiger partial charge in [-0.3, -0.25) is 4.79 Å². The summed E-state index contributed by atoms with van der Waals surface area (Å²) in [5.41, 5.74) is 3.17. The molecule has 0 unspecified atom stereocenters. The van der Waals surface area contributed by atoms with Gasteiger partial charge in [0.25, 0.3) is 0 Å². The van der Waals surface area contributed by atoms with Crippen LogP contribution in [0.2, 0.25) is 0 Å². The highest BCUT2D eigenvalue weighted by Gasteiger charge is 2.31. The Hall–Kier alpha value is -3.42. The Labute approximate surface area is 207 Å². The molecule has 4 rings (SSSR count). The predicted molar refractivity (Wildman–Crippen MR) is 134 cm³/mol. The number of esters is 1. The topological polar surface area (TPSA) is 75.5 Å². The van der Waals surface area contributed by atoms with Crippen LogP contribution < -0.4 is 9.47 Å². The average Bonchev–Trinajstić information content (AvgIpc) is 3.67. The first-order valence-electron chi connectivity index (χ1n) is 12.1. The third-order valence-corrected chi connectivity index (χ3v) is 5.24. The highest BCUT2D eigenvalue weighted by Crippen LogP contribution is 2.43. The van der Waals surface area contributed by atoms with Gasteiger partial charge in [-0.2, -0.15) is 5.10 Å². The molecule has 2 heterocycles. The lowest BCUT2D eigenvalue weighted by Crippen LogP contribution is -2.07. The summed E-state index contributed by atoms with van der Waals surface area (Å²) >= 11 is 0. The molecular weight excluding hydrogens is 449 g/mol. The molecule has 1 saturated carbocycles. The fourth-order valence-electron chi connectivity index (χ4n) is 3.47. The van der Waals surface area contributed by atoms with E-state index in [1.54, 1.807) is 16.9 Å². The van der Waals surface area contributed by atoms with Gasteiger partial charge in [0.1, 0.15) is 18.0 Å². The number of aromatic nitrogens is 3. The van der Waals surface area contributed by atoms with Crippen LogP contribution >= 0.6 is 0 Å². The van der Waals surface area contributed by atoms with Crippen LogP contribution in [0.25, 0.3) is 5.69 Å². The normalized spacial score (nSPS) is 12.0. The van der Waals surface area contributed by atoms with Crippen LogP contribution in [0.15, 0.2) is 42.7 Å². The largest absolute Gasteiger partial charge is 0.489 e. The molecule has 0 saturated heterocycles. The second kappa shape index (κ2) is 14.1. The fourth-order valence-corrected chi connectivity index (χ4v) is 3.47. The monoisotopic (exact) mass is 485 g/mol. The number of nitrogens with zero attached hydrogens (tertiary/aromatic N) is 3. The average molecular weight is 486 g/mol. The number of methoxy groups -OCH3 is 2. The number of carbonyl (C=O) groups excluding carboxylic acids is 1. The van der Waals surface area contributed by atoms with Gasteiger partial charge in [-0.1, -0.05) is 39.8 Å². The first-order chi connectivity index (χ1) is 17.1. The van der Waals surface area contributed by atoms with Crippen molar-refractivity contribution in [2.45, 2.75) is 65.9 Å². The van der Waals surface area contributed by atoms with E-state index >= 15 is 0 Å². The number of hydrogen-bond acceptors (Lipinski definition) is 6. The molecule has 2 aromatic heterocycles. The van der Waals surface area contributed by atoms with Gasteiger partial charge in [-0.25, -0.2) is 14.1 Å². The minimum atomic E-state index is -0.462. The maximum absolute atomic E-state index is 14.5. The smallest absolute Gasteiger partial charge is 0.305 e. The highest BCUT2D eigenvalue weighted by atomic mass is 19.1. The fraction of sp³-hybridized carbons (Fsp3) is 0.444. The van der Waals surface area contributed by atoms with Crippen molar-refractivity contribution in [1.82, 2.24) is 14.8 Å². The molecule has 0 atom stereocenters. The molecule has 0 amide bonds. The summed E-state index contributed by atoms with van der Waals surface area (Å²) in [5, 5.41) is 4.43. The summed E-state index contributed by atoms with van der Waals surface area (Å²) < 4.78 is 31.9. The van der Waals surface area contributed by atoms with E-state index in [0.717, 1.165) is 35.9 Å². The van der Waals surface area contributed by atoms with Crippen molar-refractivity contribution in [2.24, 2.45) is 0 Å². The number of rotatable bonds is 9. The number of halogens is 1. The van der Waals surface area contributed by atoms with Crippen molar-refractivity contribution >= 4 is 5.97 Å². The first-order valence-corrected chi connectivity index (χ1v) is 12.1. The Bertz CT molecular complexity index is 1080. The minimum Gasteiger partial charge on any atom is -0.489 e. The molecule has 0 aliphatic heterocycles. The van der Waals surface area contributed by atoms with Crippen molar-refractivity contribution < 1.29 is 23.4 Å². The Morgan fingerprint density at radius 1 is 1.11 bits per heavy atom. The number of benzene rings is 1. The van der Waals surface area contributed by atoms with Gasteiger partial charge >= 0.3 is 5.97 Å². The van der Waals surface area contributed by atoms with Crippen LogP contribution in [-0.2, 0) is 22.6 Å². The predicted octanol–water partition coefficient (Wildman–Crippen LogP) is 6.03. The lowest BCUT2D eigenvalue weighted by atomic mass is 10.1. The highest BCUT2D eigenvalue weighted by molar-refractivity contribution is 5.69. The van der Waals surface area contributed by atoms with Gasteiger partial charge in [0.15, 0.2) is 5.82 Å². The van der Waals surface area contributed by atoms with Gasteiger partial charge in [0.2, 0.25) is 5.88 Å². The number of carbonyl (C=O) groups is 1. The quantitative estimate of drug-likeness (QED) is 0.345. The van der Waals surface area contributed by atoms with E-state index in [0.29, 0.717) is 42.7 Å². The molecule has 8 heteroatoms. The maximum Gasteiger partial charge on any atom is 0.305 e. The summed E-state index contributed by atoms with van der Waals surface area (Å²) in [5.74, 6) is 0.652. The van der Waals surface area contributed by atoms with Crippen molar-refractivity contribution in [3.63, 3.8) is 0 Å². The van der Waals surface area contributed by atoms with Crippen LogP contribution in [0.3, 0.4) is 0 Å². The van der Waals surface area contributed by atoms with Crippen LogP contribution in [0.4, 0.5) is 4.39 Å². The van der Waals surface area contributed by atoms with Gasteiger partial charge in [-0.15, -0.1) is 0 Å². The molecule has 1 aliphatic rings. The Kier molecular flexibility index (Phi) is 11.2. The molecule has 1 fully saturated rings. The van der Waals surface area contributed by atoms with Crippen molar-refractivity contribution in [3.05, 3.63) is 65.4 Å². The second-order valence-electron chi connectivity index (χ2n) is 7.43. The lowest BCUT2D eigenvalue weighted by molar-refractivity contribution is -0.140. The van der Waals surface area contributed by atoms with Gasteiger partial charge in [0, 0.05) is 24.0 Å². The Balaban J connectivity index is 0.00000103. The number of ether oxygens (including phenoxy) is 3. The minimum absolute atomic E-state index is 0.243. The van der Waals surface area contributed by atoms with E-state index in [1.165, 1.54) is 14.2 Å². The summed E-state index contributed by atoms with van der Waals surface area (Å²) in [6, 6.07) is 9.17. The SMILES string of the molecule is CC.CC.COC(=O)CCc1cccc(OCc2cnn(-c3cc(OC)ncc3F)c2C2CC2)c1. The summed E-state index contributed by atoms with van der Waals surface area (Å²) in [4.78, 5) is 15.3. The Morgan fingerprint density at radius 2 is 1.86 bits per heavy atom. The standard InChI is InChI=1S/C23H24FN3O4.2C2H6/c1-29-21-11-20(19(24)13-25-21)27-23(16-7-8-16)17(12-26-27)14-31-18-5-3-4-15(10-18)6-9-22(28)30-2;2*1-2/h3-5,10-13,16H,6-9,14H2,1-2H3;2*1-2H3. The van der Waals surface area contributed by atoms with E-state index in [4.69, 9.17) is 14.2 Å². The zero-order valence-corrected chi connectivity index (χ0v) is 21.5. The van der Waals surface area contributed by atoms with E-state index in [2.05, 4.69) is 10.1 Å². The van der Waals surface area contributed by atoms with E-state index < -0.39 is 5.82 Å². The van der Waals surface area contributed by atoms with Gasteiger partial charge in [-0.05, 0) is 37.0 Å². The molecule has 0 bridgehead atoms. The van der Waals surface area contributed by atoms with Crippen LogP contribution in [-0.4, -0.2) is 35.0 Å². The van der Waals surface area contributed by atoms with Crippen LogP contribution in [0.1, 0.15) is 69.7 Å². The molecule has 1 aromatic carbocycles. The van der Waals surface area contributed by atoms with Crippen LogP contribution in [0.5, 0.6) is 11.6 Å². The third-order valence-electron chi connectivity index (χ3n) is 5.24. The molecule has 190 valence electrons. The molecule has 3 aromatic rings. The summed E-state index contributed by atoms with van der Waals surface area (Å²) in [7, 11) is 2.88. The van der Waals surface area contributed by atoms with Crippen molar-refractivity contribution in [2.75, 3.05) is 14.2 Å². The molecule has 7 nitrogen and oxygen atoms in total. The van der Waals surface area contributed by atoms with E-state index in [1.807, 2.05) is 52.0 Å². The molecule has 0 spiro atoms. The molecule has 0 radical (unpaired) electrons. The summed E-state index contributed by atoms with van der Waals surface area (Å²) in [6.45, 7) is 8.32. The van der Waals surface area contributed by atoms with Crippen molar-refractivity contribution in [3.8, 4) is 17.3 Å². The van der Waals surface area contributed by atoms with E-state index in [-0.39, 0.29) is 5.97 Å². The van der Waals surface area contributed by atoms with Crippen molar-refractivity contribution in [1.29, 1.82) is 0 Å². The first kappa shape index (κ1) is 27.8. The number of pyridine rings is 1. The zero-order chi connectivity index (χ0) is 25.8. The maximum atomic E-state index is 14.5. The van der Waals surface area contributed by atoms with E-state index in [9.17, 15) is 9.18 Å². The van der Waals surface area contributed by atoms with Gasteiger partial charge in [0.05, 0.1) is 32.3 Å². The Morgan fingerprint density at radius 3 is 2.51 bits per heavy atom. The van der Waals surface area contributed by atoms with Gasteiger partial charge < -0.3 is 14.2 Å². The lowest BCUT2D eigenvalue weighted by Gasteiger charge is -2.12. The zero-order valence-electron chi connectivity index (χ0n) is 21.5. The number of aryl methyl sites for hydroxylation is 1. The summed E-state index contributed by atoms with van der Waals surface area (Å²) in [6.07, 6.45) is 5.83. The molecular formula is C27H36FN3O4. The molecule has 1 aliphatic carbocycles. The molecule has 35 heavy (non-hydrogen) atoms. The number of hydrogen-bond donors (Lipinski definition) is 0. The van der Waals surface area contributed by atoms with Crippen LogP contribution in [0, 0.1) is 5.82 Å².